The number of nitrogens with one attached hydrogen (secondary N) is 1. The molecule has 2 rings (SSSR count). The second kappa shape index (κ2) is 3.25. The number of ether oxygens (including phenoxy) is 2. The number of hydrogen-bond donors (Lipinski definition) is 2. The van der Waals surface area contributed by atoms with E-state index in [1.54, 1.807) is 0 Å². The Bertz CT molecular complexity index is 212. The Morgan fingerprint density at radius 2 is 2.15 bits per heavy atom. The van der Waals surface area contributed by atoms with Gasteiger partial charge in [0.1, 0.15) is 6.04 Å². The van der Waals surface area contributed by atoms with Crippen LogP contribution in [0.25, 0.3) is 0 Å². The van der Waals surface area contributed by atoms with Crippen LogP contribution in [0.5, 0.6) is 0 Å². The molecule has 0 amide bonds. The van der Waals surface area contributed by atoms with Crippen LogP contribution in [0.2, 0.25) is 0 Å². The molecule has 5 nitrogen and oxygen atoms in total. The predicted octanol–water partition coefficient (Wildman–Crippen LogP) is -0.434. The van der Waals surface area contributed by atoms with Crippen molar-refractivity contribution in [3.05, 3.63) is 0 Å². The Hall–Kier alpha value is -0.650. The summed E-state index contributed by atoms with van der Waals surface area (Å²) in [6.45, 7) is 1.80. The molecule has 2 saturated heterocycles. The Morgan fingerprint density at radius 3 is 2.69 bits per heavy atom. The average molecular weight is 187 g/mol. The van der Waals surface area contributed by atoms with Gasteiger partial charge in [-0.25, -0.2) is 0 Å². The fraction of sp³-hybridized carbons (Fsp3) is 0.875. The smallest absolute Gasteiger partial charge is 0.320 e. The van der Waals surface area contributed by atoms with Gasteiger partial charge in [-0.2, -0.15) is 0 Å². The number of carbonyl (C=O) groups is 1. The Labute approximate surface area is 76.0 Å². The van der Waals surface area contributed by atoms with Gasteiger partial charge in [-0.1, -0.05) is 0 Å². The van der Waals surface area contributed by atoms with Crippen LogP contribution in [0.15, 0.2) is 0 Å². The van der Waals surface area contributed by atoms with E-state index in [-0.39, 0.29) is 0 Å². The summed E-state index contributed by atoms with van der Waals surface area (Å²) < 4.78 is 10.9. The molecule has 1 spiro atoms. The van der Waals surface area contributed by atoms with E-state index < -0.39 is 17.8 Å². The highest BCUT2D eigenvalue weighted by Crippen LogP contribution is 2.28. The molecule has 2 N–H and O–H groups in total. The van der Waals surface area contributed by atoms with Crippen LogP contribution in [0.4, 0.5) is 0 Å². The summed E-state index contributed by atoms with van der Waals surface area (Å²) in [5.74, 6) is -1.50. The molecule has 0 aromatic carbocycles. The lowest BCUT2D eigenvalue weighted by Crippen LogP contribution is -2.42. The van der Waals surface area contributed by atoms with E-state index in [0.29, 0.717) is 26.2 Å². The molecule has 0 radical (unpaired) electrons. The number of hydrogen-bond acceptors (Lipinski definition) is 4. The van der Waals surface area contributed by atoms with E-state index in [0.717, 1.165) is 6.42 Å². The topological polar surface area (TPSA) is 67.8 Å². The van der Waals surface area contributed by atoms with E-state index in [1.807, 2.05) is 0 Å². The summed E-state index contributed by atoms with van der Waals surface area (Å²) in [5, 5.41) is 11.6. The number of carboxylic acid groups (broad SMARTS) is 1. The molecule has 0 aromatic rings. The van der Waals surface area contributed by atoms with Crippen molar-refractivity contribution in [2.45, 2.75) is 24.7 Å². The molecule has 74 valence electrons. The minimum atomic E-state index is -0.838. The summed E-state index contributed by atoms with van der Waals surface area (Å²) in [4.78, 5) is 10.7. The van der Waals surface area contributed by atoms with Crippen LogP contribution in [-0.2, 0) is 14.3 Å². The van der Waals surface area contributed by atoms with Crippen molar-refractivity contribution in [2.75, 3.05) is 19.8 Å². The second-order valence-electron chi connectivity index (χ2n) is 3.44. The second-order valence-corrected chi connectivity index (χ2v) is 3.44. The molecule has 1 atom stereocenters. The predicted molar refractivity (Wildman–Crippen MR) is 43.3 cm³/mol. The summed E-state index contributed by atoms with van der Waals surface area (Å²) >= 11 is 0. The Kier molecular flexibility index (Phi) is 2.23. The molecule has 0 aromatic heterocycles. The van der Waals surface area contributed by atoms with Gasteiger partial charge in [-0.05, 0) is 6.42 Å². The molecule has 2 aliphatic heterocycles. The zero-order valence-corrected chi connectivity index (χ0v) is 7.28. The highest BCUT2D eigenvalue weighted by atomic mass is 16.7. The molecule has 0 aliphatic carbocycles. The van der Waals surface area contributed by atoms with Crippen LogP contribution in [0, 0.1) is 0 Å². The first-order valence-electron chi connectivity index (χ1n) is 4.46. The summed E-state index contributed by atoms with van der Waals surface area (Å²) in [7, 11) is 0. The average Bonchev–Trinajstić information content (AvgIpc) is 2.51. The van der Waals surface area contributed by atoms with Gasteiger partial charge in [0.2, 0.25) is 0 Å². The molecule has 13 heavy (non-hydrogen) atoms. The number of aliphatic carboxylic acids is 1. The van der Waals surface area contributed by atoms with Crippen molar-refractivity contribution in [3.8, 4) is 0 Å². The van der Waals surface area contributed by atoms with Gasteiger partial charge in [0.05, 0.1) is 19.8 Å². The fourth-order valence-corrected chi connectivity index (χ4v) is 1.75. The maximum atomic E-state index is 10.7. The molecule has 0 bridgehead atoms. The van der Waals surface area contributed by atoms with Gasteiger partial charge in [0, 0.05) is 6.42 Å². The molecule has 0 unspecified atom stereocenters. The van der Waals surface area contributed by atoms with Crippen molar-refractivity contribution in [1.82, 2.24) is 5.32 Å². The lowest BCUT2D eigenvalue weighted by molar-refractivity contribution is -0.254. The SMILES string of the molecule is O=C(O)[C@@H]1CC2(CN1)OCCCO2. The van der Waals surface area contributed by atoms with Gasteiger partial charge in [-0.3, -0.25) is 10.1 Å². The number of rotatable bonds is 1. The van der Waals surface area contributed by atoms with E-state index in [4.69, 9.17) is 14.6 Å². The zero-order chi connectivity index (χ0) is 9.31. The lowest BCUT2D eigenvalue weighted by Gasteiger charge is -2.32. The summed E-state index contributed by atoms with van der Waals surface area (Å²) in [5.41, 5.74) is 0. The first kappa shape index (κ1) is 8.93. The highest BCUT2D eigenvalue weighted by Gasteiger charge is 2.45. The first-order valence-corrected chi connectivity index (χ1v) is 4.46. The van der Waals surface area contributed by atoms with Crippen molar-refractivity contribution in [2.24, 2.45) is 0 Å². The molecular formula is C8H13NO4. The van der Waals surface area contributed by atoms with E-state index in [9.17, 15) is 4.79 Å². The minimum absolute atomic E-state index is 0.405. The van der Waals surface area contributed by atoms with Crippen LogP contribution in [0.3, 0.4) is 0 Å². The standard InChI is InChI=1S/C8H13NO4/c10-7(11)6-4-8(5-9-6)12-2-1-3-13-8/h6,9H,1-5H2,(H,10,11)/t6-/m0/s1. The fourth-order valence-electron chi connectivity index (χ4n) is 1.75. The largest absolute Gasteiger partial charge is 0.480 e. The molecule has 2 aliphatic rings. The minimum Gasteiger partial charge on any atom is -0.480 e. The van der Waals surface area contributed by atoms with E-state index in [2.05, 4.69) is 5.32 Å². The third kappa shape index (κ3) is 1.67. The van der Waals surface area contributed by atoms with E-state index in [1.165, 1.54) is 0 Å². The number of carboxylic acids is 1. The highest BCUT2D eigenvalue weighted by molar-refractivity contribution is 5.74. The molecule has 0 saturated carbocycles. The molecule has 2 heterocycles. The Morgan fingerprint density at radius 1 is 1.46 bits per heavy atom. The Balaban J connectivity index is 1.98. The van der Waals surface area contributed by atoms with Crippen LogP contribution >= 0.6 is 0 Å². The molecule has 2 fully saturated rings. The van der Waals surface area contributed by atoms with Gasteiger partial charge >= 0.3 is 5.97 Å². The summed E-state index contributed by atoms with van der Waals surface area (Å²) in [6.07, 6.45) is 1.29. The quantitative estimate of drug-likeness (QED) is 0.583. The third-order valence-corrected chi connectivity index (χ3v) is 2.45. The zero-order valence-electron chi connectivity index (χ0n) is 7.28. The van der Waals surface area contributed by atoms with Crippen molar-refractivity contribution in [1.29, 1.82) is 0 Å². The monoisotopic (exact) mass is 187 g/mol. The molecular weight excluding hydrogens is 174 g/mol. The van der Waals surface area contributed by atoms with Gasteiger partial charge < -0.3 is 14.6 Å². The van der Waals surface area contributed by atoms with Gasteiger partial charge in [-0.15, -0.1) is 0 Å². The third-order valence-electron chi connectivity index (χ3n) is 2.45. The van der Waals surface area contributed by atoms with Crippen LogP contribution in [-0.4, -0.2) is 42.7 Å². The summed E-state index contributed by atoms with van der Waals surface area (Å²) in [6, 6.07) is -0.530. The lowest BCUT2D eigenvalue weighted by atomic mass is 10.1. The maximum Gasteiger partial charge on any atom is 0.320 e. The van der Waals surface area contributed by atoms with Crippen LogP contribution < -0.4 is 5.32 Å². The molecule has 5 heteroatoms. The van der Waals surface area contributed by atoms with Crippen LogP contribution in [0.1, 0.15) is 12.8 Å². The first-order chi connectivity index (χ1) is 6.22. The van der Waals surface area contributed by atoms with E-state index >= 15 is 0 Å². The van der Waals surface area contributed by atoms with Crippen molar-refractivity contribution >= 4 is 5.97 Å². The normalized spacial score (nSPS) is 32.2. The van der Waals surface area contributed by atoms with Gasteiger partial charge in [0.15, 0.2) is 5.79 Å². The van der Waals surface area contributed by atoms with Crippen molar-refractivity contribution in [3.63, 3.8) is 0 Å². The van der Waals surface area contributed by atoms with Gasteiger partial charge in [0.25, 0.3) is 0 Å². The maximum absolute atomic E-state index is 10.7. The van der Waals surface area contributed by atoms with Crippen molar-refractivity contribution < 1.29 is 19.4 Å².